The highest BCUT2D eigenvalue weighted by atomic mass is 127. The lowest BCUT2D eigenvalue weighted by Gasteiger charge is -2.07. The van der Waals surface area contributed by atoms with E-state index in [2.05, 4.69) is 27.9 Å². The van der Waals surface area contributed by atoms with Crippen molar-refractivity contribution < 1.29 is 9.90 Å². The summed E-state index contributed by atoms with van der Waals surface area (Å²) in [6.07, 6.45) is 1.74. The summed E-state index contributed by atoms with van der Waals surface area (Å²) in [6, 6.07) is 5.80. The van der Waals surface area contributed by atoms with Gasteiger partial charge in [0.25, 0.3) is 0 Å². The molecule has 3 nitrogen and oxygen atoms in total. The minimum atomic E-state index is -0.743. The summed E-state index contributed by atoms with van der Waals surface area (Å²) >= 11 is 8.23. The first kappa shape index (κ1) is 13.6. The number of unbranched alkanes of at least 4 members (excludes halogenated alkanes) is 1. The molecule has 1 aromatic carbocycles. The van der Waals surface area contributed by atoms with Gasteiger partial charge in [0, 0.05) is 16.5 Å². The van der Waals surface area contributed by atoms with Gasteiger partial charge in [-0.3, -0.25) is 4.79 Å². The Labute approximate surface area is 113 Å². The summed E-state index contributed by atoms with van der Waals surface area (Å²) in [5.41, 5.74) is 0.900. The zero-order valence-electron chi connectivity index (χ0n) is 8.67. The van der Waals surface area contributed by atoms with E-state index in [9.17, 15) is 4.79 Å². The molecule has 88 valence electrons. The molecule has 0 aromatic heterocycles. The number of hydrogen-bond acceptors (Lipinski definition) is 2. The fraction of sp³-hybridized carbons (Fsp3) is 0.364. The number of halogens is 2. The highest BCUT2D eigenvalue weighted by molar-refractivity contribution is 14.1. The fourth-order valence-electron chi connectivity index (χ4n) is 1.26. The van der Waals surface area contributed by atoms with Gasteiger partial charge in [0.15, 0.2) is 0 Å². The number of carbonyl (C=O) groups is 1. The molecule has 5 heteroatoms. The van der Waals surface area contributed by atoms with Gasteiger partial charge in [-0.1, -0.05) is 11.6 Å². The summed E-state index contributed by atoms with van der Waals surface area (Å²) in [4.78, 5) is 10.3. The third-order valence-corrected chi connectivity index (χ3v) is 3.05. The Morgan fingerprint density at radius 2 is 2.19 bits per heavy atom. The molecule has 0 unspecified atom stereocenters. The number of anilines is 1. The molecule has 0 fully saturated rings. The Hall–Kier alpha value is -0.490. The van der Waals surface area contributed by atoms with Gasteiger partial charge in [-0.05, 0) is 53.6 Å². The van der Waals surface area contributed by atoms with Crippen LogP contribution in [0.1, 0.15) is 19.3 Å². The molecule has 0 heterocycles. The topological polar surface area (TPSA) is 49.3 Å². The number of carboxylic acids is 1. The van der Waals surface area contributed by atoms with Gasteiger partial charge in [0.2, 0.25) is 0 Å². The first-order chi connectivity index (χ1) is 7.59. The van der Waals surface area contributed by atoms with E-state index >= 15 is 0 Å². The largest absolute Gasteiger partial charge is 0.481 e. The Balaban J connectivity index is 2.29. The number of rotatable bonds is 6. The molecule has 0 saturated carbocycles. The lowest BCUT2D eigenvalue weighted by Crippen LogP contribution is -2.03. The van der Waals surface area contributed by atoms with Crippen LogP contribution in [0.25, 0.3) is 0 Å². The molecule has 0 atom stereocenters. The Morgan fingerprint density at radius 1 is 1.44 bits per heavy atom. The maximum absolute atomic E-state index is 10.3. The highest BCUT2D eigenvalue weighted by Crippen LogP contribution is 2.23. The summed E-state index contributed by atoms with van der Waals surface area (Å²) in [5.74, 6) is -0.743. The molecule has 1 rings (SSSR count). The number of carboxylic acid groups (broad SMARTS) is 1. The third kappa shape index (κ3) is 5.03. The predicted molar refractivity (Wildman–Crippen MR) is 74.1 cm³/mol. The molecule has 0 spiro atoms. The van der Waals surface area contributed by atoms with Gasteiger partial charge in [0.05, 0.1) is 10.7 Å². The van der Waals surface area contributed by atoms with Crippen LogP contribution in [0.4, 0.5) is 5.69 Å². The van der Waals surface area contributed by atoms with Crippen LogP contribution in [0.2, 0.25) is 5.02 Å². The smallest absolute Gasteiger partial charge is 0.303 e. The Kier molecular flexibility index (Phi) is 5.90. The molecule has 0 bridgehead atoms. The van der Waals surface area contributed by atoms with E-state index < -0.39 is 5.97 Å². The number of hydrogen-bond donors (Lipinski definition) is 2. The van der Waals surface area contributed by atoms with Crippen molar-refractivity contribution in [3.8, 4) is 0 Å². The van der Waals surface area contributed by atoms with Crippen LogP contribution in [0.5, 0.6) is 0 Å². The average Bonchev–Trinajstić information content (AvgIpc) is 2.20. The molecule has 0 aliphatic rings. The van der Waals surface area contributed by atoms with Crippen molar-refractivity contribution in [1.29, 1.82) is 0 Å². The Bertz CT molecular complexity index is 371. The summed E-state index contributed by atoms with van der Waals surface area (Å²) < 4.78 is 1.10. The molecule has 1 aromatic rings. The van der Waals surface area contributed by atoms with Crippen molar-refractivity contribution in [1.82, 2.24) is 0 Å². The van der Waals surface area contributed by atoms with E-state index in [0.29, 0.717) is 11.4 Å². The number of nitrogens with one attached hydrogen (secondary N) is 1. The molecule has 16 heavy (non-hydrogen) atoms. The molecule has 0 aliphatic carbocycles. The van der Waals surface area contributed by atoms with Crippen LogP contribution in [0.3, 0.4) is 0 Å². The Morgan fingerprint density at radius 3 is 2.81 bits per heavy atom. The quantitative estimate of drug-likeness (QED) is 0.607. The first-order valence-corrected chi connectivity index (χ1v) is 6.46. The number of benzene rings is 1. The van der Waals surface area contributed by atoms with Crippen LogP contribution in [0, 0.1) is 3.57 Å². The summed E-state index contributed by atoms with van der Waals surface area (Å²) in [6.45, 7) is 0.744. The molecular weight excluding hydrogens is 340 g/mol. The second-order valence-electron chi connectivity index (χ2n) is 3.40. The monoisotopic (exact) mass is 353 g/mol. The first-order valence-electron chi connectivity index (χ1n) is 5.00. The van der Waals surface area contributed by atoms with Gasteiger partial charge in [-0.25, -0.2) is 0 Å². The minimum Gasteiger partial charge on any atom is -0.481 e. The van der Waals surface area contributed by atoms with Crippen molar-refractivity contribution in [2.45, 2.75) is 19.3 Å². The van der Waals surface area contributed by atoms with Crippen LogP contribution in [-0.2, 0) is 4.79 Å². The van der Waals surface area contributed by atoms with E-state index in [-0.39, 0.29) is 6.42 Å². The van der Waals surface area contributed by atoms with Gasteiger partial charge < -0.3 is 10.4 Å². The SMILES string of the molecule is O=C(O)CCCCNc1ccc(I)cc1Cl. The molecule has 0 radical (unpaired) electrons. The zero-order chi connectivity index (χ0) is 12.0. The summed E-state index contributed by atoms with van der Waals surface area (Å²) in [7, 11) is 0. The minimum absolute atomic E-state index is 0.224. The van der Waals surface area contributed by atoms with Gasteiger partial charge in [0.1, 0.15) is 0 Å². The lowest BCUT2D eigenvalue weighted by atomic mass is 10.2. The van der Waals surface area contributed by atoms with Crippen LogP contribution in [0.15, 0.2) is 18.2 Å². The van der Waals surface area contributed by atoms with E-state index in [0.717, 1.165) is 22.2 Å². The second-order valence-corrected chi connectivity index (χ2v) is 5.05. The molecule has 0 saturated heterocycles. The van der Waals surface area contributed by atoms with Gasteiger partial charge in [-0.15, -0.1) is 0 Å². The maximum Gasteiger partial charge on any atom is 0.303 e. The van der Waals surface area contributed by atoms with E-state index in [1.807, 2.05) is 18.2 Å². The van der Waals surface area contributed by atoms with Gasteiger partial charge >= 0.3 is 5.97 Å². The lowest BCUT2D eigenvalue weighted by molar-refractivity contribution is -0.137. The highest BCUT2D eigenvalue weighted by Gasteiger charge is 2.00. The molecular formula is C11H13ClINO2. The zero-order valence-corrected chi connectivity index (χ0v) is 11.6. The predicted octanol–water partition coefficient (Wildman–Crippen LogP) is 3.61. The maximum atomic E-state index is 10.3. The van der Waals surface area contributed by atoms with Crippen molar-refractivity contribution in [3.63, 3.8) is 0 Å². The molecule has 0 aliphatic heterocycles. The summed E-state index contributed by atoms with van der Waals surface area (Å²) in [5, 5.41) is 12.3. The average molecular weight is 354 g/mol. The number of aliphatic carboxylic acids is 1. The molecule has 0 amide bonds. The van der Waals surface area contributed by atoms with Crippen molar-refractivity contribution in [2.24, 2.45) is 0 Å². The van der Waals surface area contributed by atoms with Crippen molar-refractivity contribution in [3.05, 3.63) is 26.8 Å². The second kappa shape index (κ2) is 6.96. The van der Waals surface area contributed by atoms with Gasteiger partial charge in [-0.2, -0.15) is 0 Å². The van der Waals surface area contributed by atoms with Crippen molar-refractivity contribution >= 4 is 45.8 Å². The van der Waals surface area contributed by atoms with Crippen LogP contribution < -0.4 is 5.32 Å². The van der Waals surface area contributed by atoms with Crippen LogP contribution in [-0.4, -0.2) is 17.6 Å². The van der Waals surface area contributed by atoms with Crippen LogP contribution >= 0.6 is 34.2 Å². The standard InChI is InChI=1S/C11H13ClINO2/c12-9-7-8(13)4-5-10(9)14-6-2-1-3-11(15)16/h4-5,7,14H,1-3,6H2,(H,15,16). The third-order valence-electron chi connectivity index (χ3n) is 2.06. The van der Waals surface area contributed by atoms with E-state index in [1.165, 1.54) is 0 Å². The van der Waals surface area contributed by atoms with E-state index in [4.69, 9.17) is 16.7 Å². The van der Waals surface area contributed by atoms with Crippen molar-refractivity contribution in [2.75, 3.05) is 11.9 Å². The fourth-order valence-corrected chi connectivity index (χ4v) is 2.18. The normalized spacial score (nSPS) is 10.1. The van der Waals surface area contributed by atoms with E-state index in [1.54, 1.807) is 0 Å². The molecule has 2 N–H and O–H groups in total.